The molecule has 38 heavy (non-hydrogen) atoms. The molecule has 1 unspecified atom stereocenters. The van der Waals surface area contributed by atoms with Gasteiger partial charge in [0.1, 0.15) is 6.04 Å². The van der Waals surface area contributed by atoms with E-state index < -0.39 is 17.8 Å². The van der Waals surface area contributed by atoms with Gasteiger partial charge in [-0.05, 0) is 67.6 Å². The predicted molar refractivity (Wildman–Crippen MR) is 142 cm³/mol. The van der Waals surface area contributed by atoms with E-state index in [1.54, 1.807) is 19.1 Å². The largest absolute Gasteiger partial charge is 0.493 e. The Bertz CT molecular complexity index is 1160. The van der Waals surface area contributed by atoms with Crippen molar-refractivity contribution in [2.24, 2.45) is 0 Å². The summed E-state index contributed by atoms with van der Waals surface area (Å²) in [7, 11) is 3.12. The van der Waals surface area contributed by atoms with E-state index in [4.69, 9.17) is 9.47 Å². The molecule has 3 aromatic carbocycles. The number of nitrogens with one attached hydrogen (secondary N) is 1. The number of nitrogens with zero attached hydrogens (tertiary/aromatic N) is 1. The van der Waals surface area contributed by atoms with Crippen molar-refractivity contribution in [3.8, 4) is 11.5 Å². The van der Waals surface area contributed by atoms with Crippen LogP contribution < -0.4 is 14.8 Å². The van der Waals surface area contributed by atoms with Crippen LogP contribution in [0.4, 0.5) is 13.2 Å². The summed E-state index contributed by atoms with van der Waals surface area (Å²) in [5.74, 6) is 1.09. The molecule has 3 aromatic rings. The zero-order valence-corrected chi connectivity index (χ0v) is 22.2. The molecule has 0 saturated heterocycles. The van der Waals surface area contributed by atoms with Crippen LogP contribution in [0.2, 0.25) is 0 Å². The Hall–Kier alpha value is -3.52. The first kappa shape index (κ1) is 29.0. The molecule has 1 N–H and O–H groups in total. The zero-order valence-electron chi connectivity index (χ0n) is 22.2. The van der Waals surface area contributed by atoms with Crippen molar-refractivity contribution < 1.29 is 27.4 Å². The molecule has 0 bridgehead atoms. The average molecular weight is 529 g/mol. The number of aryl methyl sites for hydroxylation is 1. The Kier molecular flexibility index (Phi) is 10.2. The molecule has 3 rings (SSSR count). The van der Waals surface area contributed by atoms with Crippen LogP contribution in [-0.2, 0) is 17.4 Å². The minimum Gasteiger partial charge on any atom is -0.493 e. The molecule has 0 aliphatic heterocycles. The molecule has 0 spiro atoms. The smallest absolute Gasteiger partial charge is 0.416 e. The maximum atomic E-state index is 13.6. The standard InChI is InChI=1S/C30H35F3N2O3/c1-5-35(6-2)29(36)28(22-10-8-7-9-11-22)34-25(23-15-19-26(37-3)27(20-23)38-4)18-14-21-12-16-24(17-13-21)30(31,32)33/h7-13,15-17,19-20,25,28,34H,5-6,14,18H2,1-4H3/t25?,28-/m1/s1. The molecule has 204 valence electrons. The van der Waals surface area contributed by atoms with Crippen LogP contribution in [0.1, 0.15) is 54.6 Å². The second kappa shape index (κ2) is 13.3. The summed E-state index contributed by atoms with van der Waals surface area (Å²) in [6.07, 6.45) is -3.34. The van der Waals surface area contributed by atoms with Crippen LogP contribution in [0.15, 0.2) is 72.8 Å². The second-order valence-corrected chi connectivity index (χ2v) is 8.92. The summed E-state index contributed by atoms with van der Waals surface area (Å²) in [4.78, 5) is 15.4. The first-order valence-corrected chi connectivity index (χ1v) is 12.7. The molecule has 0 aliphatic rings. The average Bonchev–Trinajstić information content (AvgIpc) is 2.93. The number of benzene rings is 3. The third-order valence-corrected chi connectivity index (χ3v) is 6.64. The summed E-state index contributed by atoms with van der Waals surface area (Å²) in [6.45, 7) is 5.04. The van der Waals surface area contributed by atoms with E-state index in [-0.39, 0.29) is 11.9 Å². The molecular formula is C30H35F3N2O3. The molecule has 0 aliphatic carbocycles. The van der Waals surface area contributed by atoms with E-state index in [0.29, 0.717) is 37.4 Å². The minimum atomic E-state index is -4.38. The number of hydrogen-bond acceptors (Lipinski definition) is 4. The molecule has 2 atom stereocenters. The Balaban J connectivity index is 1.96. The van der Waals surface area contributed by atoms with Crippen molar-refractivity contribution in [2.45, 2.75) is 44.9 Å². The Morgan fingerprint density at radius 3 is 2.05 bits per heavy atom. The number of halogens is 3. The molecule has 0 saturated carbocycles. The molecule has 0 heterocycles. The number of likely N-dealkylation sites (N-methyl/N-ethyl adjacent to an activating group) is 1. The maximum absolute atomic E-state index is 13.6. The first-order chi connectivity index (χ1) is 18.2. The SMILES string of the molecule is CCN(CC)C(=O)[C@H](NC(CCc1ccc(C(F)(F)F)cc1)c1ccc(OC)c(OC)c1)c1ccccc1. The molecule has 8 heteroatoms. The number of methoxy groups -OCH3 is 2. The molecule has 0 fully saturated rings. The maximum Gasteiger partial charge on any atom is 0.416 e. The lowest BCUT2D eigenvalue weighted by Crippen LogP contribution is -2.42. The first-order valence-electron chi connectivity index (χ1n) is 12.7. The normalized spacial score (nSPS) is 13.0. The second-order valence-electron chi connectivity index (χ2n) is 8.92. The van der Waals surface area contributed by atoms with Crippen molar-refractivity contribution in [2.75, 3.05) is 27.3 Å². The minimum absolute atomic E-state index is 0.0405. The van der Waals surface area contributed by atoms with E-state index in [0.717, 1.165) is 28.8 Å². The van der Waals surface area contributed by atoms with Crippen molar-refractivity contribution >= 4 is 5.91 Å². The third kappa shape index (κ3) is 7.28. The van der Waals surface area contributed by atoms with Crippen LogP contribution in [0, 0.1) is 0 Å². The topological polar surface area (TPSA) is 50.8 Å². The molecule has 0 aromatic heterocycles. The number of hydrogen-bond donors (Lipinski definition) is 1. The van der Waals surface area contributed by atoms with Gasteiger partial charge in [0, 0.05) is 19.1 Å². The molecule has 1 amide bonds. The van der Waals surface area contributed by atoms with Crippen molar-refractivity contribution in [1.29, 1.82) is 0 Å². The van der Waals surface area contributed by atoms with Gasteiger partial charge in [-0.2, -0.15) is 13.2 Å². The third-order valence-electron chi connectivity index (χ3n) is 6.64. The van der Waals surface area contributed by atoms with Gasteiger partial charge in [-0.1, -0.05) is 48.5 Å². The van der Waals surface area contributed by atoms with Gasteiger partial charge in [-0.15, -0.1) is 0 Å². The van der Waals surface area contributed by atoms with Crippen molar-refractivity contribution in [3.63, 3.8) is 0 Å². The van der Waals surface area contributed by atoms with Gasteiger partial charge in [0.2, 0.25) is 5.91 Å². The van der Waals surface area contributed by atoms with Gasteiger partial charge >= 0.3 is 6.18 Å². The fourth-order valence-electron chi connectivity index (χ4n) is 4.46. The number of amides is 1. The van der Waals surface area contributed by atoms with Crippen LogP contribution in [-0.4, -0.2) is 38.1 Å². The summed E-state index contributed by atoms with van der Waals surface area (Å²) in [5, 5.41) is 3.56. The van der Waals surface area contributed by atoms with Crippen LogP contribution in [0.5, 0.6) is 11.5 Å². The summed E-state index contributed by atoms with van der Waals surface area (Å²) in [5.41, 5.74) is 1.81. The highest BCUT2D eigenvalue weighted by Crippen LogP contribution is 2.34. The summed E-state index contributed by atoms with van der Waals surface area (Å²) < 4.78 is 50.0. The fourth-order valence-corrected chi connectivity index (χ4v) is 4.46. The van der Waals surface area contributed by atoms with Crippen LogP contribution in [0.25, 0.3) is 0 Å². The number of carbonyl (C=O) groups excluding carboxylic acids is 1. The Morgan fingerprint density at radius 2 is 1.50 bits per heavy atom. The summed E-state index contributed by atoms with van der Waals surface area (Å²) in [6, 6.07) is 19.4. The molecule has 0 radical (unpaired) electrons. The van der Waals surface area contributed by atoms with Gasteiger partial charge < -0.3 is 14.4 Å². The van der Waals surface area contributed by atoms with Crippen LogP contribution in [0.3, 0.4) is 0 Å². The van der Waals surface area contributed by atoms with E-state index in [9.17, 15) is 18.0 Å². The highest BCUT2D eigenvalue weighted by molar-refractivity contribution is 5.83. The number of ether oxygens (including phenoxy) is 2. The lowest BCUT2D eigenvalue weighted by molar-refractivity contribution is -0.137. The Labute approximate surface area is 222 Å². The van der Waals surface area contributed by atoms with E-state index in [2.05, 4.69) is 5.32 Å². The fraction of sp³-hybridized carbons (Fsp3) is 0.367. The van der Waals surface area contributed by atoms with Gasteiger partial charge in [0.05, 0.1) is 19.8 Å². The highest BCUT2D eigenvalue weighted by atomic mass is 19.4. The van der Waals surface area contributed by atoms with Gasteiger partial charge in [0.25, 0.3) is 0 Å². The van der Waals surface area contributed by atoms with Crippen molar-refractivity contribution in [3.05, 3.63) is 95.1 Å². The lowest BCUT2D eigenvalue weighted by atomic mass is 9.95. The predicted octanol–water partition coefficient (Wildman–Crippen LogP) is 6.60. The number of carbonyl (C=O) groups is 1. The van der Waals surface area contributed by atoms with Crippen LogP contribution >= 0.6 is 0 Å². The molecular weight excluding hydrogens is 493 g/mol. The number of alkyl halides is 3. The van der Waals surface area contributed by atoms with E-state index in [1.807, 2.05) is 62.4 Å². The number of rotatable bonds is 12. The lowest BCUT2D eigenvalue weighted by Gasteiger charge is -2.30. The summed E-state index contributed by atoms with van der Waals surface area (Å²) >= 11 is 0. The van der Waals surface area contributed by atoms with Gasteiger partial charge in [-0.3, -0.25) is 10.1 Å². The van der Waals surface area contributed by atoms with Gasteiger partial charge in [0.15, 0.2) is 11.5 Å². The van der Waals surface area contributed by atoms with Gasteiger partial charge in [-0.25, -0.2) is 0 Å². The van der Waals surface area contributed by atoms with E-state index >= 15 is 0 Å². The highest BCUT2D eigenvalue weighted by Gasteiger charge is 2.30. The Morgan fingerprint density at radius 1 is 0.868 bits per heavy atom. The molecule has 5 nitrogen and oxygen atoms in total. The van der Waals surface area contributed by atoms with E-state index in [1.165, 1.54) is 12.1 Å². The van der Waals surface area contributed by atoms with Crippen molar-refractivity contribution in [1.82, 2.24) is 10.2 Å². The quantitative estimate of drug-likeness (QED) is 0.288. The monoisotopic (exact) mass is 528 g/mol. The zero-order chi connectivity index (χ0) is 27.7.